The molecule has 6 aromatic rings. The number of anilines is 1. The van der Waals surface area contributed by atoms with Crippen LogP contribution in [0, 0.1) is 25.7 Å². The van der Waals surface area contributed by atoms with Crippen molar-refractivity contribution in [3.05, 3.63) is 123 Å². The van der Waals surface area contributed by atoms with Crippen molar-refractivity contribution in [1.29, 1.82) is 0 Å². The van der Waals surface area contributed by atoms with Crippen molar-refractivity contribution in [3.8, 4) is 34.2 Å². The summed E-state index contributed by atoms with van der Waals surface area (Å²) < 4.78 is 1.73. The van der Waals surface area contributed by atoms with Crippen LogP contribution in [0.2, 0.25) is 0 Å². The second-order valence-corrected chi connectivity index (χ2v) is 13.3. The third-order valence-corrected chi connectivity index (χ3v) is 9.71. The molecule has 1 atom stereocenters. The van der Waals surface area contributed by atoms with Crippen LogP contribution in [0.25, 0.3) is 44.1 Å². The van der Waals surface area contributed by atoms with Crippen molar-refractivity contribution in [2.45, 2.75) is 46.1 Å². The highest BCUT2D eigenvalue weighted by Crippen LogP contribution is 2.36. The molecular formula is C43H38N6O4. The number of fused-ring (bicyclic) bond motifs is 2. The van der Waals surface area contributed by atoms with Crippen LogP contribution in [0.3, 0.4) is 0 Å². The standard InChI is InChI=1S/C43H38N6O4/c1-5-27-19-32(33-18-26(3)43(53)49(4)39(33)21-27)31-10-6-9-29-22-38(46-24-34(29)31)30-13-14-35(45-23-30)41(51)44-17-7-8-28-12-11-25(2)37(20-28)47-36-15-16-40(50)48-42(36)52/h6,9-14,18-24,36,47H,5,15-17H2,1-4H3,(H,44,51)(H,48,50,52). The summed E-state index contributed by atoms with van der Waals surface area (Å²) in [7, 11) is 1.82. The zero-order chi connectivity index (χ0) is 37.2. The molecule has 0 saturated carbocycles. The van der Waals surface area contributed by atoms with Gasteiger partial charge < -0.3 is 15.2 Å². The van der Waals surface area contributed by atoms with Gasteiger partial charge in [-0.2, -0.15) is 0 Å². The van der Waals surface area contributed by atoms with E-state index in [0.717, 1.165) is 72.9 Å². The molecule has 1 aliphatic rings. The molecule has 0 aliphatic carbocycles. The van der Waals surface area contributed by atoms with E-state index >= 15 is 0 Å². The topological polar surface area (TPSA) is 135 Å². The zero-order valence-electron chi connectivity index (χ0n) is 30.0. The molecule has 1 unspecified atom stereocenters. The largest absolute Gasteiger partial charge is 0.373 e. The van der Waals surface area contributed by atoms with Gasteiger partial charge in [0.1, 0.15) is 11.7 Å². The molecule has 1 aliphatic heterocycles. The predicted octanol–water partition coefficient (Wildman–Crippen LogP) is 5.99. The first-order valence-corrected chi connectivity index (χ1v) is 17.6. The first-order chi connectivity index (χ1) is 25.6. The minimum absolute atomic E-state index is 0.00264. The zero-order valence-corrected chi connectivity index (χ0v) is 30.0. The normalized spacial score (nSPS) is 14.1. The molecule has 3 amide bonds. The van der Waals surface area contributed by atoms with Crippen molar-refractivity contribution in [3.63, 3.8) is 0 Å². The summed E-state index contributed by atoms with van der Waals surface area (Å²) in [5.41, 5.74) is 9.06. The lowest BCUT2D eigenvalue weighted by atomic mass is 9.93. The molecule has 264 valence electrons. The smallest absolute Gasteiger partial charge is 0.270 e. The number of piperidine rings is 1. The average molecular weight is 703 g/mol. The summed E-state index contributed by atoms with van der Waals surface area (Å²) >= 11 is 0. The predicted molar refractivity (Wildman–Crippen MR) is 207 cm³/mol. The molecule has 7 rings (SSSR count). The highest BCUT2D eigenvalue weighted by molar-refractivity contribution is 6.05. The number of nitrogens with one attached hydrogen (secondary N) is 3. The Labute approximate surface area is 306 Å². The highest BCUT2D eigenvalue weighted by Gasteiger charge is 2.26. The number of rotatable bonds is 7. The van der Waals surface area contributed by atoms with E-state index in [1.807, 2.05) is 69.6 Å². The number of amides is 3. The fourth-order valence-corrected chi connectivity index (χ4v) is 6.68. The van der Waals surface area contributed by atoms with E-state index in [-0.39, 0.29) is 35.5 Å². The van der Waals surface area contributed by atoms with E-state index in [2.05, 4.69) is 64.0 Å². The molecule has 3 aromatic carbocycles. The molecule has 10 nitrogen and oxygen atoms in total. The molecule has 0 radical (unpaired) electrons. The Morgan fingerprint density at radius 1 is 0.925 bits per heavy atom. The Bertz CT molecular complexity index is 2580. The van der Waals surface area contributed by atoms with Gasteiger partial charge in [0.2, 0.25) is 11.8 Å². The molecule has 3 N–H and O–H groups in total. The minimum Gasteiger partial charge on any atom is -0.373 e. The van der Waals surface area contributed by atoms with Gasteiger partial charge in [0, 0.05) is 59.0 Å². The summed E-state index contributed by atoms with van der Waals surface area (Å²) in [5, 5.41) is 11.4. The second-order valence-electron chi connectivity index (χ2n) is 13.3. The summed E-state index contributed by atoms with van der Waals surface area (Å²) in [6.45, 7) is 6.01. The van der Waals surface area contributed by atoms with Crippen LogP contribution < -0.4 is 21.5 Å². The Kier molecular flexibility index (Phi) is 9.57. The third kappa shape index (κ3) is 7.14. The Morgan fingerprint density at radius 3 is 2.55 bits per heavy atom. The number of imide groups is 1. The van der Waals surface area contributed by atoms with Crippen LogP contribution in [0.4, 0.5) is 5.69 Å². The molecule has 4 heterocycles. The van der Waals surface area contributed by atoms with Gasteiger partial charge in [0.15, 0.2) is 0 Å². The monoisotopic (exact) mass is 702 g/mol. The number of hydrogen-bond acceptors (Lipinski definition) is 7. The summed E-state index contributed by atoms with van der Waals surface area (Å²) in [6, 6.07) is 23.1. The molecular weight excluding hydrogens is 665 g/mol. The fourth-order valence-electron chi connectivity index (χ4n) is 6.68. The molecule has 10 heteroatoms. The summed E-state index contributed by atoms with van der Waals surface area (Å²) in [6.07, 6.45) is 5.08. The van der Waals surface area contributed by atoms with E-state index in [9.17, 15) is 19.2 Å². The van der Waals surface area contributed by atoms with Crippen molar-refractivity contribution in [2.75, 3.05) is 11.9 Å². The van der Waals surface area contributed by atoms with Crippen molar-refractivity contribution in [2.24, 2.45) is 7.05 Å². The van der Waals surface area contributed by atoms with Gasteiger partial charge in [-0.25, -0.2) is 0 Å². The first-order valence-electron chi connectivity index (χ1n) is 17.6. The Hall–Kier alpha value is -6.60. The third-order valence-electron chi connectivity index (χ3n) is 9.71. The number of aryl methyl sites for hydroxylation is 4. The van der Waals surface area contributed by atoms with Gasteiger partial charge in [-0.1, -0.05) is 49.1 Å². The van der Waals surface area contributed by atoms with Crippen LogP contribution in [0.15, 0.2) is 90.0 Å². The van der Waals surface area contributed by atoms with Gasteiger partial charge in [0.25, 0.3) is 11.5 Å². The van der Waals surface area contributed by atoms with Gasteiger partial charge >= 0.3 is 0 Å². The maximum Gasteiger partial charge on any atom is 0.270 e. The maximum atomic E-state index is 12.9. The minimum atomic E-state index is -0.489. The number of benzene rings is 3. The van der Waals surface area contributed by atoms with Crippen LogP contribution in [0.1, 0.15) is 52.5 Å². The van der Waals surface area contributed by atoms with E-state index in [4.69, 9.17) is 4.98 Å². The van der Waals surface area contributed by atoms with Crippen LogP contribution >= 0.6 is 0 Å². The molecule has 0 bridgehead atoms. The van der Waals surface area contributed by atoms with Crippen molar-refractivity contribution >= 4 is 45.1 Å². The van der Waals surface area contributed by atoms with Crippen molar-refractivity contribution in [1.82, 2.24) is 25.2 Å². The number of carbonyl (C=O) groups excluding carboxylic acids is 3. The number of nitrogens with zero attached hydrogens (tertiary/aromatic N) is 3. The number of aromatic nitrogens is 3. The highest BCUT2D eigenvalue weighted by atomic mass is 16.2. The van der Waals surface area contributed by atoms with Gasteiger partial charge in [-0.15, -0.1) is 0 Å². The van der Waals surface area contributed by atoms with Crippen LogP contribution in [0.5, 0.6) is 0 Å². The number of hydrogen-bond donors (Lipinski definition) is 3. The SMILES string of the molecule is CCc1cc(-c2cccc3cc(-c4ccc(C(=O)NCC#Cc5ccc(C)c(NC6CCC(=O)NC6=O)c5)nc4)ncc23)c2cc(C)c(=O)n(C)c2c1. The van der Waals surface area contributed by atoms with Crippen LogP contribution in [-0.4, -0.2) is 44.8 Å². The fraction of sp³-hybridized carbons (Fsp3) is 0.209. The lowest BCUT2D eigenvalue weighted by Crippen LogP contribution is -2.47. The van der Waals surface area contributed by atoms with Crippen molar-refractivity contribution < 1.29 is 14.4 Å². The molecule has 0 spiro atoms. The quantitative estimate of drug-likeness (QED) is 0.137. The molecule has 3 aromatic heterocycles. The number of pyridine rings is 3. The first kappa shape index (κ1) is 34.8. The summed E-state index contributed by atoms with van der Waals surface area (Å²) in [4.78, 5) is 58.5. The van der Waals surface area contributed by atoms with E-state index in [0.29, 0.717) is 18.4 Å². The summed E-state index contributed by atoms with van der Waals surface area (Å²) in [5.74, 6) is 5.09. The molecule has 1 fully saturated rings. The van der Waals surface area contributed by atoms with E-state index < -0.39 is 6.04 Å². The average Bonchev–Trinajstić information content (AvgIpc) is 3.17. The lowest BCUT2D eigenvalue weighted by Gasteiger charge is -2.23. The van der Waals surface area contributed by atoms with Gasteiger partial charge in [0.05, 0.1) is 17.8 Å². The van der Waals surface area contributed by atoms with Gasteiger partial charge in [-0.3, -0.25) is 34.5 Å². The number of carbonyl (C=O) groups is 3. The van der Waals surface area contributed by atoms with Gasteiger partial charge in [-0.05, 0) is 96.8 Å². The Morgan fingerprint density at radius 2 is 1.77 bits per heavy atom. The van der Waals surface area contributed by atoms with Crippen LogP contribution in [-0.2, 0) is 23.1 Å². The molecule has 53 heavy (non-hydrogen) atoms. The molecule has 1 saturated heterocycles. The van der Waals surface area contributed by atoms with E-state index in [1.54, 1.807) is 16.8 Å². The maximum absolute atomic E-state index is 12.9. The Balaban J connectivity index is 1.05. The van der Waals surface area contributed by atoms with E-state index in [1.165, 1.54) is 0 Å². The second kappa shape index (κ2) is 14.6. The lowest BCUT2D eigenvalue weighted by molar-refractivity contribution is -0.133.